The van der Waals surface area contributed by atoms with E-state index in [2.05, 4.69) is 45.0 Å². The molecule has 3 aliphatic rings. The third-order valence-corrected chi connectivity index (χ3v) is 5.96. The number of hydrogen-bond donors (Lipinski definition) is 0. The van der Waals surface area contributed by atoms with Gasteiger partial charge in [-0.2, -0.15) is 4.98 Å². The average Bonchev–Trinajstić information content (AvgIpc) is 2.80. The van der Waals surface area contributed by atoms with Gasteiger partial charge in [-0.1, -0.05) is 30.3 Å². The molecule has 0 spiro atoms. The molecule has 2 fully saturated rings. The van der Waals surface area contributed by atoms with Crippen LogP contribution in [0.4, 0.5) is 11.8 Å². The fourth-order valence-corrected chi connectivity index (χ4v) is 4.37. The summed E-state index contributed by atoms with van der Waals surface area (Å²) in [4.78, 5) is 17.3. The molecule has 7 nitrogen and oxygen atoms in total. The van der Waals surface area contributed by atoms with E-state index in [1.165, 1.54) is 16.8 Å². The van der Waals surface area contributed by atoms with Gasteiger partial charge in [0.2, 0.25) is 5.95 Å². The lowest BCUT2D eigenvalue weighted by molar-refractivity contribution is 0.121. The second-order valence-electron chi connectivity index (χ2n) is 7.92. The monoisotopic (exact) mass is 395 g/mol. The zero-order valence-electron chi connectivity index (χ0n) is 16.9. The minimum atomic E-state index is 0.744. The summed E-state index contributed by atoms with van der Waals surface area (Å²) in [6.07, 6.45) is 0.998. The van der Waals surface area contributed by atoms with E-state index in [0.29, 0.717) is 0 Å². The van der Waals surface area contributed by atoms with Crippen LogP contribution in [0.5, 0.6) is 0 Å². The fraction of sp³-hybridized carbons (Fsp3) is 0.545. The maximum atomic E-state index is 5.58. The predicted molar refractivity (Wildman–Crippen MR) is 112 cm³/mol. The quantitative estimate of drug-likeness (QED) is 0.781. The minimum Gasteiger partial charge on any atom is -0.378 e. The van der Waals surface area contributed by atoms with Crippen molar-refractivity contribution in [3.05, 3.63) is 47.2 Å². The van der Waals surface area contributed by atoms with Gasteiger partial charge in [-0.05, 0) is 12.0 Å². The van der Waals surface area contributed by atoms with Crippen LogP contribution < -0.4 is 9.80 Å². The Bertz CT molecular complexity index is 819. The summed E-state index contributed by atoms with van der Waals surface area (Å²) in [5.74, 6) is 1.98. The van der Waals surface area contributed by atoms with E-state index in [1.54, 1.807) is 0 Å². The van der Waals surface area contributed by atoms with Crippen molar-refractivity contribution in [3.63, 3.8) is 0 Å². The number of benzene rings is 1. The van der Waals surface area contributed by atoms with Crippen molar-refractivity contribution in [3.8, 4) is 0 Å². The van der Waals surface area contributed by atoms with E-state index in [-0.39, 0.29) is 0 Å². The highest BCUT2D eigenvalue weighted by Gasteiger charge is 2.27. The first-order chi connectivity index (χ1) is 14.4. The van der Waals surface area contributed by atoms with Crippen LogP contribution in [0.15, 0.2) is 30.3 Å². The molecule has 1 aromatic heterocycles. The van der Waals surface area contributed by atoms with Gasteiger partial charge in [-0.3, -0.25) is 4.90 Å². The summed E-state index contributed by atoms with van der Waals surface area (Å²) < 4.78 is 11.1. The topological polar surface area (TPSA) is 54.0 Å². The summed E-state index contributed by atoms with van der Waals surface area (Å²) in [7, 11) is 0. The molecule has 0 aliphatic carbocycles. The first-order valence-electron chi connectivity index (χ1n) is 10.7. The van der Waals surface area contributed by atoms with E-state index in [0.717, 1.165) is 90.4 Å². The molecule has 0 atom stereocenters. The maximum absolute atomic E-state index is 5.58. The molecule has 4 heterocycles. The molecule has 5 rings (SSSR count). The Morgan fingerprint density at radius 1 is 0.793 bits per heavy atom. The molecule has 0 radical (unpaired) electrons. The van der Waals surface area contributed by atoms with Crippen LogP contribution in [0.2, 0.25) is 0 Å². The third kappa shape index (κ3) is 4.22. The van der Waals surface area contributed by atoms with Crippen molar-refractivity contribution < 1.29 is 9.47 Å². The lowest BCUT2D eigenvalue weighted by atomic mass is 10.0. The number of nitrogens with zero attached hydrogens (tertiary/aromatic N) is 5. The number of morpholine rings is 2. The molecular weight excluding hydrogens is 366 g/mol. The van der Waals surface area contributed by atoms with Crippen molar-refractivity contribution in [2.24, 2.45) is 0 Å². The van der Waals surface area contributed by atoms with Crippen molar-refractivity contribution in [2.75, 3.05) is 69.0 Å². The van der Waals surface area contributed by atoms with Gasteiger partial charge in [0.1, 0.15) is 5.82 Å². The first kappa shape index (κ1) is 18.8. The van der Waals surface area contributed by atoms with Gasteiger partial charge >= 0.3 is 0 Å². The molecule has 2 aromatic rings. The molecule has 1 aromatic carbocycles. The Hall–Kier alpha value is -2.22. The lowest BCUT2D eigenvalue weighted by Gasteiger charge is -2.35. The highest BCUT2D eigenvalue weighted by Crippen LogP contribution is 2.30. The first-order valence-corrected chi connectivity index (χ1v) is 10.7. The van der Waals surface area contributed by atoms with Crippen LogP contribution in [0, 0.1) is 0 Å². The molecular formula is C22H29N5O2. The second-order valence-corrected chi connectivity index (χ2v) is 7.92. The normalized spacial score (nSPS) is 20.6. The number of aromatic nitrogens is 2. The molecule has 0 amide bonds. The Balaban J connectivity index is 1.44. The number of hydrogen-bond acceptors (Lipinski definition) is 7. The van der Waals surface area contributed by atoms with E-state index in [4.69, 9.17) is 19.4 Å². The van der Waals surface area contributed by atoms with Crippen LogP contribution in [0.1, 0.15) is 16.8 Å². The molecule has 3 aliphatic heterocycles. The van der Waals surface area contributed by atoms with Crippen molar-refractivity contribution in [1.82, 2.24) is 14.9 Å². The smallest absolute Gasteiger partial charge is 0.227 e. The van der Waals surface area contributed by atoms with Gasteiger partial charge in [0.25, 0.3) is 0 Å². The fourth-order valence-electron chi connectivity index (χ4n) is 4.37. The molecule has 154 valence electrons. The predicted octanol–water partition coefficient (Wildman–Crippen LogP) is 1.71. The number of fused-ring (bicyclic) bond motifs is 1. The summed E-state index contributed by atoms with van der Waals surface area (Å²) in [6.45, 7) is 9.42. The zero-order chi connectivity index (χ0) is 19.5. The van der Waals surface area contributed by atoms with E-state index < -0.39 is 0 Å². The number of anilines is 2. The molecule has 0 N–H and O–H groups in total. The second kappa shape index (κ2) is 8.65. The van der Waals surface area contributed by atoms with Gasteiger partial charge in [-0.25, -0.2) is 4.98 Å². The van der Waals surface area contributed by atoms with Crippen molar-refractivity contribution >= 4 is 11.8 Å². The van der Waals surface area contributed by atoms with E-state index in [9.17, 15) is 0 Å². The van der Waals surface area contributed by atoms with Gasteiger partial charge in [-0.15, -0.1) is 0 Å². The summed E-state index contributed by atoms with van der Waals surface area (Å²) >= 11 is 0. The standard InChI is InChI=1S/C22H29N5O2/c1-2-4-18(5-3-1)16-25-7-6-19-20(17-25)23-22(27-10-14-29-15-11-27)24-21(19)26-8-12-28-13-9-26/h1-5H,6-17H2. The summed E-state index contributed by atoms with van der Waals surface area (Å²) in [5, 5.41) is 0. The molecule has 29 heavy (non-hydrogen) atoms. The van der Waals surface area contributed by atoms with Crippen molar-refractivity contribution in [1.29, 1.82) is 0 Å². The summed E-state index contributed by atoms with van der Waals surface area (Å²) in [6, 6.07) is 10.7. The van der Waals surface area contributed by atoms with Gasteiger partial charge < -0.3 is 19.3 Å². The largest absolute Gasteiger partial charge is 0.378 e. The van der Waals surface area contributed by atoms with Crippen LogP contribution in [0.3, 0.4) is 0 Å². The number of ether oxygens (including phenoxy) is 2. The lowest BCUT2D eigenvalue weighted by Crippen LogP contribution is -2.41. The van der Waals surface area contributed by atoms with Gasteiger partial charge in [0.05, 0.1) is 32.1 Å². The van der Waals surface area contributed by atoms with Crippen molar-refractivity contribution in [2.45, 2.75) is 19.5 Å². The maximum Gasteiger partial charge on any atom is 0.227 e. The molecule has 0 saturated carbocycles. The Kier molecular flexibility index (Phi) is 5.60. The SMILES string of the molecule is c1ccc(CN2CCc3c(nc(N4CCOCC4)nc3N3CCOCC3)C2)cc1. The third-order valence-electron chi connectivity index (χ3n) is 5.96. The Labute approximate surface area is 172 Å². The van der Waals surface area contributed by atoms with Crippen LogP contribution in [-0.2, 0) is 29.0 Å². The summed E-state index contributed by atoms with van der Waals surface area (Å²) in [5.41, 5.74) is 3.87. The van der Waals surface area contributed by atoms with E-state index >= 15 is 0 Å². The van der Waals surface area contributed by atoms with E-state index in [1.807, 2.05) is 0 Å². The zero-order valence-corrected chi connectivity index (χ0v) is 16.9. The highest BCUT2D eigenvalue weighted by molar-refractivity contribution is 5.54. The average molecular weight is 396 g/mol. The molecule has 0 unspecified atom stereocenters. The van der Waals surface area contributed by atoms with Gasteiger partial charge in [0.15, 0.2) is 0 Å². The van der Waals surface area contributed by atoms with Crippen LogP contribution >= 0.6 is 0 Å². The Morgan fingerprint density at radius 2 is 1.48 bits per heavy atom. The minimum absolute atomic E-state index is 0.744. The van der Waals surface area contributed by atoms with Crippen LogP contribution in [-0.4, -0.2) is 74.0 Å². The molecule has 7 heteroatoms. The Morgan fingerprint density at radius 3 is 2.21 bits per heavy atom. The molecule has 0 bridgehead atoms. The molecule has 2 saturated heterocycles. The highest BCUT2D eigenvalue weighted by atomic mass is 16.5. The number of rotatable bonds is 4. The van der Waals surface area contributed by atoms with Crippen LogP contribution in [0.25, 0.3) is 0 Å². The van der Waals surface area contributed by atoms with Gasteiger partial charge in [0, 0.05) is 51.4 Å².